The van der Waals surface area contributed by atoms with Crippen molar-refractivity contribution < 1.29 is 18.7 Å². The van der Waals surface area contributed by atoms with Gasteiger partial charge in [-0.2, -0.15) is 0 Å². The summed E-state index contributed by atoms with van der Waals surface area (Å²) in [6.07, 6.45) is -0.225. The molecule has 0 aromatic heterocycles. The van der Waals surface area contributed by atoms with Crippen molar-refractivity contribution >= 4 is 5.97 Å². The minimum absolute atomic E-state index is 0.149. The van der Waals surface area contributed by atoms with Crippen molar-refractivity contribution in [3.63, 3.8) is 0 Å². The topological polar surface area (TPSA) is 49.3 Å². The van der Waals surface area contributed by atoms with Gasteiger partial charge in [-0.15, -0.1) is 0 Å². The van der Waals surface area contributed by atoms with E-state index in [0.29, 0.717) is 0 Å². The van der Waals surface area contributed by atoms with Crippen LogP contribution in [0.25, 0.3) is 0 Å². The fourth-order valence-corrected chi connectivity index (χ4v) is 0.436. The summed E-state index contributed by atoms with van der Waals surface area (Å²) in [6.45, 7) is -0.263. The lowest BCUT2D eigenvalue weighted by Gasteiger charge is -1.97. The zero-order valence-corrected chi connectivity index (χ0v) is 5.76. The van der Waals surface area contributed by atoms with Gasteiger partial charge in [-0.3, -0.25) is 0 Å². The molecule has 0 spiro atoms. The van der Waals surface area contributed by atoms with Gasteiger partial charge >= 0.3 is 5.97 Å². The second-order valence-electron chi connectivity index (χ2n) is 1.79. The molecule has 5 heteroatoms. The third kappa shape index (κ3) is 9.03. The van der Waals surface area contributed by atoms with Gasteiger partial charge in [0.15, 0.2) is 0 Å². The summed E-state index contributed by atoms with van der Waals surface area (Å²) in [5.41, 5.74) is 0. The van der Waals surface area contributed by atoms with Gasteiger partial charge in [-0.25, -0.2) is 13.6 Å². The second-order valence-corrected chi connectivity index (χ2v) is 1.79. The molecule has 0 rings (SSSR count). The quantitative estimate of drug-likeness (QED) is 0.460. The van der Waals surface area contributed by atoms with E-state index < -0.39 is 18.9 Å². The summed E-state index contributed by atoms with van der Waals surface area (Å²) in [5.74, 6) is -1.08. The number of halogens is 2. The average Bonchev–Trinajstić information content (AvgIpc) is 1.85. The highest BCUT2D eigenvalue weighted by Crippen LogP contribution is 1.86. The molecule has 0 aliphatic heterocycles. The van der Waals surface area contributed by atoms with Gasteiger partial charge in [0, 0.05) is 12.6 Å². The number of carboxylic acids is 1. The standard InChI is InChI=1S/C6H9F2NO2/c7-5(8)4-9-3-1-2-6(10)11/h1-2,5,9H,3-4H2,(H,10,11)/b2-1+. The average molecular weight is 165 g/mol. The van der Waals surface area contributed by atoms with Crippen LogP contribution in [0, 0.1) is 0 Å². The Morgan fingerprint density at radius 2 is 2.27 bits per heavy atom. The van der Waals surface area contributed by atoms with Crippen molar-refractivity contribution in [1.82, 2.24) is 5.32 Å². The van der Waals surface area contributed by atoms with Gasteiger partial charge in [0.25, 0.3) is 6.43 Å². The molecular weight excluding hydrogens is 156 g/mol. The normalized spacial score (nSPS) is 11.2. The van der Waals surface area contributed by atoms with Gasteiger partial charge in [-0.1, -0.05) is 6.08 Å². The number of hydrogen-bond acceptors (Lipinski definition) is 2. The number of aliphatic carboxylic acids is 1. The Hall–Kier alpha value is -0.970. The zero-order valence-electron chi connectivity index (χ0n) is 5.76. The predicted octanol–water partition coefficient (Wildman–Crippen LogP) is 0.482. The van der Waals surface area contributed by atoms with E-state index in [1.165, 1.54) is 6.08 Å². The lowest BCUT2D eigenvalue weighted by atomic mass is 10.5. The smallest absolute Gasteiger partial charge is 0.328 e. The Balaban J connectivity index is 3.21. The number of nitrogens with one attached hydrogen (secondary N) is 1. The number of hydrogen-bond donors (Lipinski definition) is 2. The summed E-state index contributed by atoms with van der Waals surface area (Å²) < 4.78 is 22.8. The molecule has 0 fully saturated rings. The van der Waals surface area contributed by atoms with E-state index in [9.17, 15) is 13.6 Å². The summed E-state index contributed by atoms with van der Waals surface area (Å²) in [4.78, 5) is 9.83. The van der Waals surface area contributed by atoms with Crippen molar-refractivity contribution in [3.05, 3.63) is 12.2 Å². The third-order valence-corrected chi connectivity index (χ3v) is 0.821. The highest BCUT2D eigenvalue weighted by molar-refractivity contribution is 5.79. The molecule has 0 unspecified atom stereocenters. The van der Waals surface area contributed by atoms with Crippen molar-refractivity contribution in [2.45, 2.75) is 6.43 Å². The van der Waals surface area contributed by atoms with E-state index >= 15 is 0 Å². The molecule has 0 radical (unpaired) electrons. The van der Waals surface area contributed by atoms with Crippen LogP contribution in [0.2, 0.25) is 0 Å². The maximum absolute atomic E-state index is 11.4. The van der Waals surface area contributed by atoms with E-state index in [4.69, 9.17) is 5.11 Å². The van der Waals surface area contributed by atoms with Crippen LogP contribution in [0.5, 0.6) is 0 Å². The Bertz CT molecular complexity index is 148. The molecule has 3 nitrogen and oxygen atoms in total. The Kier molecular flexibility index (Phi) is 5.28. The van der Waals surface area contributed by atoms with E-state index in [0.717, 1.165) is 6.08 Å². The van der Waals surface area contributed by atoms with Crippen LogP contribution >= 0.6 is 0 Å². The summed E-state index contributed by atoms with van der Waals surface area (Å²) in [6, 6.07) is 0. The minimum Gasteiger partial charge on any atom is -0.478 e. The van der Waals surface area contributed by atoms with E-state index in [2.05, 4.69) is 5.32 Å². The van der Waals surface area contributed by atoms with E-state index in [1.807, 2.05) is 0 Å². The number of carbonyl (C=O) groups is 1. The molecule has 11 heavy (non-hydrogen) atoms. The number of carboxylic acid groups (broad SMARTS) is 1. The van der Waals surface area contributed by atoms with Crippen LogP contribution in [0.15, 0.2) is 12.2 Å². The van der Waals surface area contributed by atoms with Crippen molar-refractivity contribution in [1.29, 1.82) is 0 Å². The van der Waals surface area contributed by atoms with Gasteiger partial charge < -0.3 is 10.4 Å². The fourth-order valence-electron chi connectivity index (χ4n) is 0.436. The Labute approximate surface area is 62.7 Å². The highest BCUT2D eigenvalue weighted by Gasteiger charge is 1.97. The summed E-state index contributed by atoms with van der Waals surface area (Å²) in [7, 11) is 0. The number of rotatable bonds is 5. The molecular formula is C6H9F2NO2. The first-order chi connectivity index (χ1) is 5.13. The first-order valence-electron chi connectivity index (χ1n) is 3.01. The van der Waals surface area contributed by atoms with Crippen molar-refractivity contribution in [2.75, 3.05) is 13.1 Å². The maximum Gasteiger partial charge on any atom is 0.328 e. The summed E-state index contributed by atoms with van der Waals surface area (Å²) >= 11 is 0. The number of alkyl halides is 2. The third-order valence-electron chi connectivity index (χ3n) is 0.821. The van der Waals surface area contributed by atoms with Crippen LogP contribution in [0.4, 0.5) is 8.78 Å². The van der Waals surface area contributed by atoms with Gasteiger partial charge in [-0.05, 0) is 0 Å². The Morgan fingerprint density at radius 1 is 1.64 bits per heavy atom. The first-order valence-corrected chi connectivity index (χ1v) is 3.01. The molecule has 0 bridgehead atoms. The lowest BCUT2D eigenvalue weighted by Crippen LogP contribution is -2.21. The largest absolute Gasteiger partial charge is 0.478 e. The lowest BCUT2D eigenvalue weighted by molar-refractivity contribution is -0.131. The van der Waals surface area contributed by atoms with Crippen LogP contribution in [0.3, 0.4) is 0 Å². The predicted molar refractivity (Wildman–Crippen MR) is 35.6 cm³/mol. The van der Waals surface area contributed by atoms with E-state index in [-0.39, 0.29) is 6.54 Å². The van der Waals surface area contributed by atoms with Gasteiger partial charge in [0.2, 0.25) is 0 Å². The molecule has 0 aromatic rings. The molecule has 2 N–H and O–H groups in total. The van der Waals surface area contributed by atoms with Gasteiger partial charge in [0.05, 0.1) is 6.54 Å². The molecule has 0 saturated heterocycles. The minimum atomic E-state index is -2.40. The highest BCUT2D eigenvalue weighted by atomic mass is 19.3. The van der Waals surface area contributed by atoms with Crippen LogP contribution < -0.4 is 5.32 Å². The SMILES string of the molecule is O=C(O)/C=C/CNCC(F)F. The monoisotopic (exact) mass is 165 g/mol. The molecule has 64 valence electrons. The molecule has 0 aromatic carbocycles. The van der Waals surface area contributed by atoms with Crippen LogP contribution in [0.1, 0.15) is 0 Å². The first kappa shape index (κ1) is 10.0. The van der Waals surface area contributed by atoms with Gasteiger partial charge in [0.1, 0.15) is 0 Å². The fraction of sp³-hybridized carbons (Fsp3) is 0.500. The van der Waals surface area contributed by atoms with Crippen molar-refractivity contribution in [2.24, 2.45) is 0 Å². The molecule has 0 saturated carbocycles. The summed E-state index contributed by atoms with van der Waals surface area (Å²) in [5, 5.41) is 10.4. The molecule has 0 aliphatic carbocycles. The van der Waals surface area contributed by atoms with Crippen LogP contribution in [-0.4, -0.2) is 30.6 Å². The molecule has 0 heterocycles. The van der Waals surface area contributed by atoms with Crippen molar-refractivity contribution in [3.8, 4) is 0 Å². The van der Waals surface area contributed by atoms with E-state index in [1.54, 1.807) is 0 Å². The second kappa shape index (κ2) is 5.79. The molecule has 0 amide bonds. The molecule has 0 atom stereocenters. The zero-order chi connectivity index (χ0) is 8.69. The molecule has 0 aliphatic rings. The maximum atomic E-state index is 11.4. The Morgan fingerprint density at radius 3 is 2.73 bits per heavy atom. The van der Waals surface area contributed by atoms with Crippen LogP contribution in [-0.2, 0) is 4.79 Å².